The van der Waals surface area contributed by atoms with E-state index in [0.29, 0.717) is 6.42 Å². The largest absolute Gasteiger partial charge is 0.379 e. The average molecular weight is 596 g/mol. The second kappa shape index (κ2) is 17.0. The van der Waals surface area contributed by atoms with Gasteiger partial charge in [-0.2, -0.15) is 0 Å². The van der Waals surface area contributed by atoms with Gasteiger partial charge in [-0.15, -0.1) is 24.2 Å². The predicted molar refractivity (Wildman–Crippen MR) is 173 cm³/mol. The van der Waals surface area contributed by atoms with E-state index in [2.05, 4.69) is 77.9 Å². The van der Waals surface area contributed by atoms with E-state index < -0.39 is 5.60 Å². The summed E-state index contributed by atoms with van der Waals surface area (Å²) in [6, 6.07) is 10.4. The van der Waals surface area contributed by atoms with Crippen LogP contribution in [0.1, 0.15) is 76.8 Å². The van der Waals surface area contributed by atoms with E-state index in [4.69, 9.17) is 4.98 Å². The molecule has 3 rings (SSSR count). The van der Waals surface area contributed by atoms with Crippen molar-refractivity contribution >= 4 is 44.0 Å². The number of unbranched alkanes of at least 4 members (excludes halogenated alkanes) is 1. The first kappa shape index (κ1) is 33.4. The molecule has 1 atom stereocenters. The Bertz CT molecular complexity index is 1240. The fourth-order valence-corrected chi connectivity index (χ4v) is 5.70. The zero-order chi connectivity index (χ0) is 28.7. The van der Waals surface area contributed by atoms with Crippen LogP contribution in [0.2, 0.25) is 0 Å². The average Bonchev–Trinajstić information content (AvgIpc) is 3.49. The molecule has 0 amide bonds. The number of rotatable bonds is 10. The highest BCUT2D eigenvalue weighted by molar-refractivity contribution is 9.10. The normalized spacial score (nSPS) is 13.1. The minimum atomic E-state index is -1.09. The van der Waals surface area contributed by atoms with Crippen LogP contribution in [0.5, 0.6) is 0 Å². The van der Waals surface area contributed by atoms with Crippen LogP contribution in [-0.2, 0) is 12.0 Å². The van der Waals surface area contributed by atoms with Gasteiger partial charge in [0.25, 0.3) is 0 Å². The zero-order valence-corrected chi connectivity index (χ0v) is 26.4. The van der Waals surface area contributed by atoms with Crippen molar-refractivity contribution < 1.29 is 5.11 Å². The van der Waals surface area contributed by atoms with Gasteiger partial charge in [-0.3, -0.25) is 0 Å². The number of pyridine rings is 1. The van der Waals surface area contributed by atoms with Gasteiger partial charge in [0.2, 0.25) is 0 Å². The van der Waals surface area contributed by atoms with Crippen molar-refractivity contribution in [1.82, 2.24) is 4.98 Å². The van der Waals surface area contributed by atoms with E-state index >= 15 is 0 Å². The van der Waals surface area contributed by atoms with Crippen LogP contribution >= 0.6 is 27.3 Å². The Hall–Kier alpha value is -2.65. The van der Waals surface area contributed by atoms with E-state index in [1.807, 2.05) is 70.6 Å². The molecule has 0 saturated heterocycles. The second-order valence-electron chi connectivity index (χ2n) is 8.57. The summed E-state index contributed by atoms with van der Waals surface area (Å²) in [6.07, 6.45) is 21.8. The van der Waals surface area contributed by atoms with E-state index in [9.17, 15) is 5.11 Å². The van der Waals surface area contributed by atoms with Gasteiger partial charge >= 0.3 is 0 Å². The molecule has 1 aromatic carbocycles. The summed E-state index contributed by atoms with van der Waals surface area (Å²) in [6.45, 7) is 12.3. The summed E-state index contributed by atoms with van der Waals surface area (Å²) >= 11 is 5.31. The summed E-state index contributed by atoms with van der Waals surface area (Å²) in [5, 5.41) is 15.2. The van der Waals surface area contributed by atoms with Crippen LogP contribution in [0, 0.1) is 12.8 Å². The number of fused-ring (bicyclic) bond motifs is 1. The van der Waals surface area contributed by atoms with Crippen molar-refractivity contribution in [2.45, 2.75) is 72.8 Å². The Morgan fingerprint density at radius 1 is 1.16 bits per heavy atom. The Morgan fingerprint density at radius 3 is 2.42 bits per heavy atom. The first-order valence-electron chi connectivity index (χ1n) is 13.2. The number of thiophene rings is 1. The number of nitrogens with zero attached hydrogens (tertiary/aromatic N) is 2. The monoisotopic (exact) mass is 594 g/mol. The number of hydrogen-bond acceptors (Lipinski definition) is 4. The molecule has 0 aliphatic carbocycles. The highest BCUT2D eigenvalue weighted by atomic mass is 79.9. The van der Waals surface area contributed by atoms with Gasteiger partial charge < -0.3 is 10.0 Å². The number of terminal acetylenes is 1. The molecule has 1 unspecified atom stereocenters. The summed E-state index contributed by atoms with van der Waals surface area (Å²) in [7, 11) is 2.03. The summed E-state index contributed by atoms with van der Waals surface area (Å²) in [5.74, 6) is 0.905. The third-order valence-corrected chi connectivity index (χ3v) is 7.54. The predicted octanol–water partition coefficient (Wildman–Crippen LogP) is 9.80. The first-order chi connectivity index (χ1) is 18.4. The number of aromatic nitrogens is 1. The van der Waals surface area contributed by atoms with Gasteiger partial charge in [-0.1, -0.05) is 79.9 Å². The fraction of sp³-hybridized carbons (Fsp3) is 0.364. The molecule has 2 aromatic heterocycles. The second-order valence-corrected chi connectivity index (χ2v) is 10.4. The van der Waals surface area contributed by atoms with Crippen LogP contribution in [0.4, 0.5) is 5.82 Å². The van der Waals surface area contributed by atoms with E-state index in [1.54, 1.807) is 11.3 Å². The molecule has 0 fully saturated rings. The molecule has 3 aromatic rings. The maximum Gasteiger partial charge on any atom is 0.136 e. The number of halogens is 1. The number of allylic oxidation sites excluding steroid dienone is 5. The molecule has 0 radical (unpaired) electrons. The van der Waals surface area contributed by atoms with Crippen molar-refractivity contribution in [3.8, 4) is 12.8 Å². The van der Waals surface area contributed by atoms with Crippen LogP contribution in [0.3, 0.4) is 0 Å². The summed E-state index contributed by atoms with van der Waals surface area (Å²) in [5.41, 5.74) is 3.01. The molecular formula is C33H43BrN2OS. The van der Waals surface area contributed by atoms with E-state index in [-0.39, 0.29) is 0 Å². The zero-order valence-electron chi connectivity index (χ0n) is 24.0. The van der Waals surface area contributed by atoms with E-state index in [0.717, 1.165) is 56.5 Å². The lowest BCUT2D eigenvalue weighted by molar-refractivity contribution is 0.0735. The molecule has 5 heteroatoms. The number of benzene rings is 1. The molecule has 0 bridgehead atoms. The highest BCUT2D eigenvalue weighted by Gasteiger charge is 2.35. The quantitative estimate of drug-likeness (QED) is 0.187. The topological polar surface area (TPSA) is 36.4 Å². The van der Waals surface area contributed by atoms with Gasteiger partial charge in [-0.25, -0.2) is 4.98 Å². The highest BCUT2D eigenvalue weighted by Crippen LogP contribution is 2.42. The number of anilines is 1. The lowest BCUT2D eigenvalue weighted by Crippen LogP contribution is -2.27. The van der Waals surface area contributed by atoms with Gasteiger partial charge in [-0.05, 0) is 62.4 Å². The molecule has 0 spiro atoms. The van der Waals surface area contributed by atoms with Crippen molar-refractivity contribution in [2.24, 2.45) is 0 Å². The van der Waals surface area contributed by atoms with Crippen molar-refractivity contribution in [2.75, 3.05) is 11.9 Å². The molecular weight excluding hydrogens is 552 g/mol. The molecule has 0 saturated carbocycles. The number of hydrogen-bond donors (Lipinski definition) is 1. The van der Waals surface area contributed by atoms with Crippen molar-refractivity contribution in [1.29, 1.82) is 0 Å². The maximum absolute atomic E-state index is 12.2. The minimum Gasteiger partial charge on any atom is -0.379 e. The van der Waals surface area contributed by atoms with Gasteiger partial charge in [0.05, 0.1) is 5.52 Å². The standard InChI is InChI=1S/C29H35BrN2OS.C2H6.C2H2/c1-6-10-14-29(33,26-13-11-16-34-26)25-20-24(30)19-22-18-23(17-21(9-4)12-7-2)28(31-27(22)25)32(5)15-8-3;2*1-2/h7-9,11-13,15-16,18-20,33H,6,10,14,17H2,1-5H3;1-2H3;1-2H/b12-7-,15-8-,21-9+;;. The summed E-state index contributed by atoms with van der Waals surface area (Å²) in [4.78, 5) is 8.24. The smallest absolute Gasteiger partial charge is 0.136 e. The maximum atomic E-state index is 12.2. The van der Waals surface area contributed by atoms with E-state index in [1.165, 1.54) is 5.57 Å². The lowest BCUT2D eigenvalue weighted by atomic mass is 9.85. The van der Waals surface area contributed by atoms with Crippen LogP contribution in [0.25, 0.3) is 10.9 Å². The molecule has 2 heterocycles. The van der Waals surface area contributed by atoms with Gasteiger partial charge in [0.15, 0.2) is 0 Å². The molecule has 38 heavy (non-hydrogen) atoms. The molecule has 1 N–H and O–H groups in total. The lowest BCUT2D eigenvalue weighted by Gasteiger charge is -2.30. The Kier molecular flexibility index (Phi) is 15.0. The molecule has 0 aliphatic rings. The third kappa shape index (κ3) is 8.17. The first-order valence-corrected chi connectivity index (χ1v) is 14.9. The van der Waals surface area contributed by atoms with Crippen LogP contribution in [0.15, 0.2) is 76.3 Å². The summed E-state index contributed by atoms with van der Waals surface area (Å²) < 4.78 is 0.948. The minimum absolute atomic E-state index is 0.656. The van der Waals surface area contributed by atoms with Crippen LogP contribution in [-0.4, -0.2) is 17.1 Å². The SMILES string of the molecule is C#C.C/C=C\C(=C/C)Cc1cc2cc(Br)cc(C(O)(CCCC)c3cccs3)c2nc1N(C)/C=C\C.CC. The van der Waals surface area contributed by atoms with Crippen LogP contribution < -0.4 is 4.90 Å². The van der Waals surface area contributed by atoms with Crippen molar-refractivity contribution in [3.05, 3.63) is 92.3 Å². The molecule has 204 valence electrons. The Morgan fingerprint density at radius 2 is 1.87 bits per heavy atom. The van der Waals surface area contributed by atoms with Crippen molar-refractivity contribution in [3.63, 3.8) is 0 Å². The fourth-order valence-electron chi connectivity index (χ4n) is 4.36. The number of aliphatic hydroxyl groups is 1. The molecule has 0 aliphatic heterocycles. The Balaban J connectivity index is 0.00000172. The Labute approximate surface area is 243 Å². The van der Waals surface area contributed by atoms with Gasteiger partial charge in [0.1, 0.15) is 11.4 Å². The molecule has 3 nitrogen and oxygen atoms in total. The van der Waals surface area contributed by atoms with Gasteiger partial charge in [0, 0.05) is 45.5 Å². The third-order valence-electron chi connectivity index (χ3n) is 6.06.